The summed E-state index contributed by atoms with van der Waals surface area (Å²) in [6.07, 6.45) is -0.471. The summed E-state index contributed by atoms with van der Waals surface area (Å²) in [7, 11) is 4.37. The van der Waals surface area contributed by atoms with E-state index < -0.39 is 23.8 Å². The molecule has 8 nitrogen and oxygen atoms in total. The maximum absolute atomic E-state index is 12.7. The van der Waals surface area contributed by atoms with Crippen molar-refractivity contribution in [1.82, 2.24) is 4.98 Å². The number of methoxy groups -OCH3 is 3. The maximum Gasteiger partial charge on any atom is 0.339 e. The molecule has 1 N–H and O–H groups in total. The zero-order valence-electron chi connectivity index (χ0n) is 18.1. The smallest absolute Gasteiger partial charge is 0.339 e. The average Bonchev–Trinajstić information content (AvgIpc) is 3.04. The number of rotatable bonds is 9. The highest BCUT2D eigenvalue weighted by atomic mass is 16.5. The number of Topliss-reactive ketones (excluding diaryl/α,β-unsaturated/α-hetero) is 1. The van der Waals surface area contributed by atoms with E-state index >= 15 is 0 Å². The molecule has 0 spiro atoms. The Morgan fingerprint density at radius 1 is 1.03 bits per heavy atom. The summed E-state index contributed by atoms with van der Waals surface area (Å²) in [6.45, 7) is 4.83. The molecule has 0 fully saturated rings. The van der Waals surface area contributed by atoms with Crippen LogP contribution in [0.4, 0.5) is 0 Å². The monoisotopic (exact) mass is 417 g/mol. The number of benzene rings is 1. The molecule has 0 saturated heterocycles. The number of esters is 2. The number of ketones is 1. The molecule has 0 aliphatic carbocycles. The first kappa shape index (κ1) is 23.0. The lowest BCUT2D eigenvalue weighted by atomic mass is 10.1. The number of carbonyl (C=O) groups excluding carboxylic acids is 3. The molecule has 1 atom stereocenters. The Labute approximate surface area is 175 Å². The van der Waals surface area contributed by atoms with Crippen LogP contribution in [0.3, 0.4) is 0 Å². The van der Waals surface area contributed by atoms with E-state index in [-0.39, 0.29) is 12.1 Å². The molecule has 1 aromatic heterocycles. The first-order valence-electron chi connectivity index (χ1n) is 9.45. The molecular formula is C22H27NO7. The summed E-state index contributed by atoms with van der Waals surface area (Å²) >= 11 is 0. The quantitative estimate of drug-likeness (QED) is 0.494. The van der Waals surface area contributed by atoms with Gasteiger partial charge in [0, 0.05) is 12.1 Å². The van der Waals surface area contributed by atoms with Crippen molar-refractivity contribution < 1.29 is 33.3 Å². The molecule has 0 amide bonds. The van der Waals surface area contributed by atoms with Crippen molar-refractivity contribution in [3.63, 3.8) is 0 Å². The van der Waals surface area contributed by atoms with Crippen LogP contribution in [-0.4, -0.2) is 50.1 Å². The lowest BCUT2D eigenvalue weighted by molar-refractivity contribution is -0.146. The number of H-pyrrole nitrogens is 1. The maximum atomic E-state index is 12.7. The van der Waals surface area contributed by atoms with E-state index in [0.717, 1.165) is 5.56 Å². The van der Waals surface area contributed by atoms with E-state index in [2.05, 4.69) is 4.98 Å². The zero-order valence-corrected chi connectivity index (χ0v) is 18.1. The third-order valence-electron chi connectivity index (χ3n) is 4.82. The van der Waals surface area contributed by atoms with Crippen molar-refractivity contribution in [3.05, 3.63) is 46.3 Å². The number of aromatic nitrogens is 1. The van der Waals surface area contributed by atoms with Crippen LogP contribution in [0.5, 0.6) is 11.5 Å². The Balaban J connectivity index is 2.01. The average molecular weight is 417 g/mol. The standard InChI is InChI=1S/C22H27NO7/c1-12-19(22(26)29-6)13(2)23-20(12)21(25)14(3)30-18(24)10-8-15-7-9-16(27-4)17(11-15)28-5/h7,9,11,14,23H,8,10H2,1-6H3/t14-/m0/s1. The Bertz CT molecular complexity index is 945. The minimum absolute atomic E-state index is 0.100. The Morgan fingerprint density at radius 3 is 2.30 bits per heavy atom. The van der Waals surface area contributed by atoms with Gasteiger partial charge in [-0.05, 0) is 50.5 Å². The molecule has 30 heavy (non-hydrogen) atoms. The Kier molecular flexibility index (Phi) is 7.63. The number of ether oxygens (including phenoxy) is 4. The first-order chi connectivity index (χ1) is 14.2. The van der Waals surface area contributed by atoms with E-state index in [4.69, 9.17) is 18.9 Å². The summed E-state index contributed by atoms with van der Waals surface area (Å²) in [6, 6.07) is 5.39. The number of aryl methyl sites for hydroxylation is 2. The van der Waals surface area contributed by atoms with Crippen LogP contribution in [-0.2, 0) is 20.7 Å². The molecule has 2 aromatic rings. The van der Waals surface area contributed by atoms with Crippen LogP contribution in [0.1, 0.15) is 51.0 Å². The van der Waals surface area contributed by atoms with Crippen LogP contribution >= 0.6 is 0 Å². The topological polar surface area (TPSA) is 104 Å². The first-order valence-corrected chi connectivity index (χ1v) is 9.45. The van der Waals surface area contributed by atoms with Gasteiger partial charge in [0.05, 0.1) is 32.6 Å². The summed E-state index contributed by atoms with van der Waals surface area (Å²) in [5.74, 6) is -0.262. The fraction of sp³-hybridized carbons (Fsp3) is 0.409. The van der Waals surface area contributed by atoms with Crippen LogP contribution in [0.15, 0.2) is 18.2 Å². The summed E-state index contributed by atoms with van der Waals surface area (Å²) in [5.41, 5.74) is 2.41. The molecule has 0 unspecified atom stereocenters. The molecule has 162 valence electrons. The van der Waals surface area contributed by atoms with Crippen molar-refractivity contribution >= 4 is 17.7 Å². The van der Waals surface area contributed by atoms with E-state index in [1.807, 2.05) is 6.07 Å². The Hall–Kier alpha value is -3.29. The van der Waals surface area contributed by atoms with Gasteiger partial charge in [0.1, 0.15) is 0 Å². The van der Waals surface area contributed by atoms with Crippen molar-refractivity contribution in [3.8, 4) is 11.5 Å². The number of aromatic amines is 1. The van der Waals surface area contributed by atoms with Gasteiger partial charge in [-0.3, -0.25) is 9.59 Å². The fourth-order valence-electron chi connectivity index (χ4n) is 3.20. The van der Waals surface area contributed by atoms with Gasteiger partial charge in [-0.2, -0.15) is 0 Å². The summed E-state index contributed by atoms with van der Waals surface area (Å²) < 4.78 is 20.5. The third kappa shape index (κ3) is 5.00. The summed E-state index contributed by atoms with van der Waals surface area (Å²) in [5, 5.41) is 0. The number of hydrogen-bond acceptors (Lipinski definition) is 7. The van der Waals surface area contributed by atoms with Gasteiger partial charge in [-0.15, -0.1) is 0 Å². The molecular weight excluding hydrogens is 390 g/mol. The molecule has 2 rings (SSSR count). The minimum atomic E-state index is -0.995. The molecule has 0 saturated carbocycles. The van der Waals surface area contributed by atoms with Gasteiger partial charge >= 0.3 is 11.9 Å². The molecule has 0 bridgehead atoms. The molecule has 1 aromatic carbocycles. The predicted octanol–water partition coefficient (Wildman–Crippen LogP) is 3.18. The SMILES string of the molecule is COC(=O)c1c(C)[nH]c(C(=O)[C@H](C)OC(=O)CCc2ccc(OC)c(OC)c2)c1C. The van der Waals surface area contributed by atoms with E-state index in [0.29, 0.717) is 34.7 Å². The largest absolute Gasteiger partial charge is 0.493 e. The van der Waals surface area contributed by atoms with Crippen molar-refractivity contribution in [2.75, 3.05) is 21.3 Å². The highest BCUT2D eigenvalue weighted by Crippen LogP contribution is 2.28. The Morgan fingerprint density at radius 2 is 1.70 bits per heavy atom. The molecule has 0 aliphatic rings. The van der Waals surface area contributed by atoms with Gasteiger partial charge in [0.2, 0.25) is 5.78 Å². The zero-order chi connectivity index (χ0) is 22.4. The van der Waals surface area contributed by atoms with Crippen LogP contribution in [0.2, 0.25) is 0 Å². The van der Waals surface area contributed by atoms with Crippen LogP contribution in [0, 0.1) is 13.8 Å². The number of carbonyl (C=O) groups is 3. The molecule has 1 heterocycles. The molecule has 0 radical (unpaired) electrons. The van der Waals surface area contributed by atoms with Crippen molar-refractivity contribution in [2.45, 2.75) is 39.7 Å². The minimum Gasteiger partial charge on any atom is -0.493 e. The van der Waals surface area contributed by atoms with Gasteiger partial charge in [0.15, 0.2) is 17.6 Å². The molecule has 0 aliphatic heterocycles. The predicted molar refractivity (Wildman–Crippen MR) is 109 cm³/mol. The summed E-state index contributed by atoms with van der Waals surface area (Å²) in [4.78, 5) is 39.7. The lowest BCUT2D eigenvalue weighted by Gasteiger charge is -2.13. The molecule has 8 heteroatoms. The second-order valence-corrected chi connectivity index (χ2v) is 6.80. The van der Waals surface area contributed by atoms with E-state index in [1.54, 1.807) is 40.2 Å². The van der Waals surface area contributed by atoms with E-state index in [1.165, 1.54) is 14.0 Å². The van der Waals surface area contributed by atoms with Crippen LogP contribution in [0.25, 0.3) is 0 Å². The second-order valence-electron chi connectivity index (χ2n) is 6.80. The normalized spacial score (nSPS) is 11.5. The van der Waals surface area contributed by atoms with Crippen molar-refractivity contribution in [1.29, 1.82) is 0 Å². The van der Waals surface area contributed by atoms with Gasteiger partial charge in [-0.1, -0.05) is 6.07 Å². The lowest BCUT2D eigenvalue weighted by Crippen LogP contribution is -2.25. The van der Waals surface area contributed by atoms with Gasteiger partial charge in [0.25, 0.3) is 0 Å². The fourth-order valence-corrected chi connectivity index (χ4v) is 3.20. The van der Waals surface area contributed by atoms with Crippen LogP contribution < -0.4 is 9.47 Å². The second kappa shape index (κ2) is 9.96. The highest BCUT2D eigenvalue weighted by molar-refractivity contribution is 6.03. The third-order valence-corrected chi connectivity index (χ3v) is 4.82. The number of nitrogens with one attached hydrogen (secondary N) is 1. The van der Waals surface area contributed by atoms with Gasteiger partial charge in [-0.25, -0.2) is 4.79 Å². The highest BCUT2D eigenvalue weighted by Gasteiger charge is 2.27. The van der Waals surface area contributed by atoms with Crippen molar-refractivity contribution in [2.24, 2.45) is 0 Å². The number of hydrogen-bond donors (Lipinski definition) is 1. The van der Waals surface area contributed by atoms with Gasteiger partial charge < -0.3 is 23.9 Å². The van der Waals surface area contributed by atoms with E-state index in [9.17, 15) is 14.4 Å².